The molecule has 3 nitrogen and oxygen atoms in total. The van der Waals surface area contributed by atoms with Crippen molar-refractivity contribution in [3.05, 3.63) is 108 Å². The van der Waals surface area contributed by atoms with Crippen LogP contribution in [-0.4, -0.2) is 36.3 Å². The molecule has 1 aliphatic heterocycles. The maximum absolute atomic E-state index is 12.3. The number of rotatable bonds is 5. The van der Waals surface area contributed by atoms with Crippen LogP contribution < -0.4 is 0 Å². The summed E-state index contributed by atoms with van der Waals surface area (Å²) in [6.07, 6.45) is 0. The number of morpholine rings is 1. The molecule has 3 heteroatoms. The van der Waals surface area contributed by atoms with Gasteiger partial charge in [-0.05, 0) is 16.7 Å². The van der Waals surface area contributed by atoms with Crippen molar-refractivity contribution in [2.24, 2.45) is 0 Å². The molecule has 0 aliphatic carbocycles. The molecule has 0 radical (unpaired) electrons. The van der Waals surface area contributed by atoms with Crippen LogP contribution in [0.1, 0.15) is 22.7 Å². The Kier molecular flexibility index (Phi) is 5.35. The Hall–Kier alpha value is -2.46. The number of aliphatic hydroxyl groups is 1. The van der Waals surface area contributed by atoms with Gasteiger partial charge in [0.15, 0.2) is 0 Å². The van der Waals surface area contributed by atoms with E-state index in [2.05, 4.69) is 17.0 Å². The number of ether oxygens (including phenoxy) is 1. The highest BCUT2D eigenvalue weighted by Gasteiger charge is 2.44. The zero-order chi connectivity index (χ0) is 18.5. The predicted molar refractivity (Wildman–Crippen MR) is 107 cm³/mol. The minimum absolute atomic E-state index is 0.201. The average molecular weight is 359 g/mol. The average Bonchev–Trinajstić information content (AvgIpc) is 2.76. The molecule has 1 fully saturated rings. The fourth-order valence-corrected chi connectivity index (χ4v) is 4.05. The van der Waals surface area contributed by atoms with E-state index in [9.17, 15) is 5.11 Å². The Morgan fingerprint density at radius 2 is 1.15 bits per heavy atom. The minimum atomic E-state index is -1.17. The highest BCUT2D eigenvalue weighted by Crippen LogP contribution is 2.44. The molecule has 0 bridgehead atoms. The lowest BCUT2D eigenvalue weighted by Crippen LogP contribution is -2.49. The second kappa shape index (κ2) is 8.05. The van der Waals surface area contributed by atoms with Crippen LogP contribution in [0.3, 0.4) is 0 Å². The van der Waals surface area contributed by atoms with Gasteiger partial charge >= 0.3 is 0 Å². The van der Waals surface area contributed by atoms with E-state index in [1.165, 1.54) is 0 Å². The van der Waals surface area contributed by atoms with Gasteiger partial charge < -0.3 is 9.84 Å². The first-order valence-corrected chi connectivity index (χ1v) is 9.50. The van der Waals surface area contributed by atoms with Gasteiger partial charge in [-0.1, -0.05) is 91.0 Å². The lowest BCUT2D eigenvalue weighted by Gasteiger charge is -2.45. The number of hydrogen-bond donors (Lipinski definition) is 1. The summed E-state index contributed by atoms with van der Waals surface area (Å²) in [4.78, 5) is 2.35. The van der Waals surface area contributed by atoms with E-state index in [4.69, 9.17) is 4.74 Å². The highest BCUT2D eigenvalue weighted by molar-refractivity contribution is 5.41. The van der Waals surface area contributed by atoms with Gasteiger partial charge in [0.05, 0.1) is 19.3 Å². The van der Waals surface area contributed by atoms with E-state index in [1.807, 2.05) is 78.9 Å². The zero-order valence-corrected chi connectivity index (χ0v) is 15.4. The summed E-state index contributed by atoms with van der Waals surface area (Å²) in [7, 11) is 0. The monoisotopic (exact) mass is 359 g/mol. The van der Waals surface area contributed by atoms with Crippen LogP contribution in [0.15, 0.2) is 91.0 Å². The quantitative estimate of drug-likeness (QED) is 0.747. The molecular formula is C24H25NO2. The van der Waals surface area contributed by atoms with Crippen LogP contribution in [0, 0.1) is 0 Å². The molecule has 138 valence electrons. The summed E-state index contributed by atoms with van der Waals surface area (Å²) in [6.45, 7) is 2.95. The molecule has 0 unspecified atom stereocenters. The Balaban J connectivity index is 1.91. The molecule has 1 atom stereocenters. The Labute approximate surface area is 160 Å². The maximum atomic E-state index is 12.3. The molecule has 1 heterocycles. The minimum Gasteiger partial charge on any atom is -0.379 e. The standard InChI is InChI=1S/C24H25NO2/c26-24(21-12-6-2-7-13-21,22-14-8-3-9-15-22)23(20-10-4-1-5-11-20)25-16-18-27-19-17-25/h1-15,23,26H,16-19H2/t23-/m1/s1. The molecule has 1 saturated heterocycles. The van der Waals surface area contributed by atoms with Crippen molar-refractivity contribution in [1.82, 2.24) is 4.90 Å². The molecule has 3 aromatic rings. The van der Waals surface area contributed by atoms with E-state index >= 15 is 0 Å². The van der Waals surface area contributed by atoms with Crippen molar-refractivity contribution in [3.63, 3.8) is 0 Å². The summed E-state index contributed by atoms with van der Waals surface area (Å²) in [6, 6.07) is 30.1. The first kappa shape index (κ1) is 17.9. The first-order chi connectivity index (χ1) is 13.3. The third-order valence-electron chi connectivity index (χ3n) is 5.35. The fraction of sp³-hybridized carbons (Fsp3) is 0.250. The number of hydrogen-bond acceptors (Lipinski definition) is 3. The van der Waals surface area contributed by atoms with Gasteiger partial charge in [-0.25, -0.2) is 0 Å². The second-order valence-corrected chi connectivity index (χ2v) is 6.96. The van der Waals surface area contributed by atoms with E-state index in [0.29, 0.717) is 13.2 Å². The van der Waals surface area contributed by atoms with Crippen molar-refractivity contribution in [2.45, 2.75) is 11.6 Å². The summed E-state index contributed by atoms with van der Waals surface area (Å²) in [5.41, 5.74) is 1.74. The molecule has 27 heavy (non-hydrogen) atoms. The van der Waals surface area contributed by atoms with Gasteiger partial charge in [-0.15, -0.1) is 0 Å². The lowest BCUT2D eigenvalue weighted by molar-refractivity contribution is -0.0619. The molecule has 0 saturated carbocycles. The third-order valence-corrected chi connectivity index (χ3v) is 5.35. The van der Waals surface area contributed by atoms with E-state index in [1.54, 1.807) is 0 Å². The first-order valence-electron chi connectivity index (χ1n) is 9.50. The third kappa shape index (κ3) is 3.54. The maximum Gasteiger partial charge on any atom is 0.134 e. The van der Waals surface area contributed by atoms with Gasteiger partial charge in [-0.3, -0.25) is 4.90 Å². The van der Waals surface area contributed by atoms with Gasteiger partial charge in [-0.2, -0.15) is 0 Å². The molecule has 4 rings (SSSR count). The SMILES string of the molecule is OC(c1ccccc1)(c1ccccc1)[C@@H](c1ccccc1)N1CCOCC1. The predicted octanol–water partition coefficient (Wildman–Crippen LogP) is 4.00. The summed E-state index contributed by atoms with van der Waals surface area (Å²) in [5, 5.41) is 12.3. The lowest BCUT2D eigenvalue weighted by atomic mass is 9.76. The summed E-state index contributed by atoms with van der Waals surface area (Å²) in [5.74, 6) is 0. The van der Waals surface area contributed by atoms with Crippen molar-refractivity contribution in [3.8, 4) is 0 Å². The zero-order valence-electron chi connectivity index (χ0n) is 15.4. The van der Waals surface area contributed by atoms with Crippen LogP contribution in [0.25, 0.3) is 0 Å². The molecule has 1 N–H and O–H groups in total. The molecule has 1 aliphatic rings. The largest absolute Gasteiger partial charge is 0.379 e. The van der Waals surface area contributed by atoms with Crippen molar-refractivity contribution in [2.75, 3.05) is 26.3 Å². The van der Waals surface area contributed by atoms with Gasteiger partial charge in [0.25, 0.3) is 0 Å². The number of benzene rings is 3. The Morgan fingerprint density at radius 1 is 0.704 bits per heavy atom. The number of nitrogens with zero attached hydrogens (tertiary/aromatic N) is 1. The molecule has 0 amide bonds. The molecule has 3 aromatic carbocycles. The second-order valence-electron chi connectivity index (χ2n) is 6.96. The van der Waals surface area contributed by atoms with E-state index < -0.39 is 5.60 Å². The topological polar surface area (TPSA) is 32.7 Å². The van der Waals surface area contributed by atoms with Crippen molar-refractivity contribution >= 4 is 0 Å². The van der Waals surface area contributed by atoms with E-state index in [0.717, 1.165) is 29.8 Å². The highest BCUT2D eigenvalue weighted by atomic mass is 16.5. The van der Waals surface area contributed by atoms with Crippen molar-refractivity contribution < 1.29 is 9.84 Å². The van der Waals surface area contributed by atoms with Gasteiger partial charge in [0.2, 0.25) is 0 Å². The Bertz CT molecular complexity index is 791. The molecular weight excluding hydrogens is 334 g/mol. The summed E-state index contributed by atoms with van der Waals surface area (Å²) >= 11 is 0. The van der Waals surface area contributed by atoms with Gasteiger partial charge in [0, 0.05) is 13.1 Å². The fourth-order valence-electron chi connectivity index (χ4n) is 4.05. The normalized spacial score (nSPS) is 16.8. The Morgan fingerprint density at radius 3 is 1.63 bits per heavy atom. The molecule has 0 spiro atoms. The van der Waals surface area contributed by atoms with Gasteiger partial charge in [0.1, 0.15) is 5.60 Å². The summed E-state index contributed by atoms with van der Waals surface area (Å²) < 4.78 is 5.59. The van der Waals surface area contributed by atoms with Crippen LogP contribution in [0.4, 0.5) is 0 Å². The van der Waals surface area contributed by atoms with Crippen LogP contribution in [-0.2, 0) is 10.3 Å². The van der Waals surface area contributed by atoms with Crippen LogP contribution in [0.2, 0.25) is 0 Å². The van der Waals surface area contributed by atoms with E-state index in [-0.39, 0.29) is 6.04 Å². The van der Waals surface area contributed by atoms with Crippen LogP contribution in [0.5, 0.6) is 0 Å². The smallest absolute Gasteiger partial charge is 0.134 e. The van der Waals surface area contributed by atoms with Crippen LogP contribution >= 0.6 is 0 Å². The molecule has 0 aromatic heterocycles. The van der Waals surface area contributed by atoms with Crippen molar-refractivity contribution in [1.29, 1.82) is 0 Å².